The molecule has 1 aliphatic heterocycles. The Morgan fingerprint density at radius 1 is 1.46 bits per heavy atom. The lowest BCUT2D eigenvalue weighted by Gasteiger charge is -2.44. The van der Waals surface area contributed by atoms with Gasteiger partial charge in [0.05, 0.1) is 5.41 Å². The largest absolute Gasteiger partial charge is 0.398 e. The van der Waals surface area contributed by atoms with Gasteiger partial charge in [-0.15, -0.1) is 0 Å². The molecule has 0 saturated carbocycles. The molecule has 1 aliphatic rings. The van der Waals surface area contributed by atoms with Crippen LogP contribution in [0.5, 0.6) is 0 Å². The Bertz CT molecular complexity index is 734. The number of anilines is 2. The molecule has 1 fully saturated rings. The third-order valence-electron chi connectivity index (χ3n) is 5.40. The van der Waals surface area contributed by atoms with Crippen LogP contribution in [0.25, 0.3) is 0 Å². The first kappa shape index (κ1) is 20.2. The second kappa shape index (κ2) is 7.66. The highest BCUT2D eigenvalue weighted by Crippen LogP contribution is 2.40. The van der Waals surface area contributed by atoms with Crippen molar-refractivity contribution in [3.8, 4) is 0 Å². The van der Waals surface area contributed by atoms with Crippen LogP contribution in [0.4, 0.5) is 11.4 Å². The lowest BCUT2D eigenvalue weighted by molar-refractivity contribution is -0.140. The van der Waals surface area contributed by atoms with Crippen molar-refractivity contribution in [2.24, 2.45) is 17.3 Å². The molecule has 1 aromatic rings. The molecular formula is C19H27ClN4O2. The molecule has 2 unspecified atom stereocenters. The molecule has 0 aromatic heterocycles. The second-order valence-corrected chi connectivity index (χ2v) is 8.00. The Balaban J connectivity index is 2.22. The number of hydrogen-bond acceptors (Lipinski definition) is 5. The number of nitrogen functional groups attached to an aromatic ring is 1. The lowest BCUT2D eigenvalue weighted by Crippen LogP contribution is -2.54. The van der Waals surface area contributed by atoms with Crippen LogP contribution in [-0.4, -0.2) is 31.1 Å². The number of piperidine rings is 1. The average Bonchev–Trinajstić information content (AvgIpc) is 2.56. The summed E-state index contributed by atoms with van der Waals surface area (Å²) in [6, 6.07) is 3.43. The van der Waals surface area contributed by atoms with Gasteiger partial charge in [0.15, 0.2) is 0 Å². The van der Waals surface area contributed by atoms with E-state index in [1.165, 1.54) is 6.21 Å². The average molecular weight is 379 g/mol. The van der Waals surface area contributed by atoms with Crippen molar-refractivity contribution < 1.29 is 9.59 Å². The summed E-state index contributed by atoms with van der Waals surface area (Å²) in [5.41, 5.74) is 7.26. The van der Waals surface area contributed by atoms with Crippen LogP contribution in [0.3, 0.4) is 0 Å². The Kier molecular flexibility index (Phi) is 5.96. The molecule has 4 N–H and O–H groups in total. The Hall–Kier alpha value is -2.08. The summed E-state index contributed by atoms with van der Waals surface area (Å²) in [6.07, 6.45) is 1.82. The van der Waals surface area contributed by atoms with Gasteiger partial charge < -0.3 is 16.0 Å². The Morgan fingerprint density at radius 3 is 2.65 bits per heavy atom. The number of carbonyl (C=O) groups is 2. The highest BCUT2D eigenvalue weighted by Gasteiger charge is 2.43. The summed E-state index contributed by atoms with van der Waals surface area (Å²) < 4.78 is 0. The lowest BCUT2D eigenvalue weighted by atomic mass is 9.71. The number of hydrogen-bond donors (Lipinski definition) is 3. The predicted octanol–water partition coefficient (Wildman–Crippen LogP) is 3.07. The standard InChI is InChI=1S/C19H27ClN4O2/c1-11(2)17(25)23-18(26)19(4)5-6-24(10-12(19)3)16-8-13(20)7-15(22)14(16)9-21/h7-9,11-12,21H,5-6,10,22H2,1-4H3,(H,23,25,26). The minimum absolute atomic E-state index is 0.00926. The molecule has 2 rings (SSSR count). The number of nitrogens with zero attached hydrogens (tertiary/aromatic N) is 1. The van der Waals surface area contributed by atoms with Gasteiger partial charge in [-0.05, 0) is 24.5 Å². The first-order valence-corrected chi connectivity index (χ1v) is 9.17. The Morgan fingerprint density at radius 2 is 2.12 bits per heavy atom. The number of rotatable bonds is 4. The predicted molar refractivity (Wildman–Crippen MR) is 106 cm³/mol. The van der Waals surface area contributed by atoms with Gasteiger partial charge in [0, 0.05) is 47.2 Å². The number of amides is 2. The van der Waals surface area contributed by atoms with Crippen molar-refractivity contribution in [2.75, 3.05) is 23.7 Å². The quantitative estimate of drug-likeness (QED) is 0.553. The Labute approximate surface area is 159 Å². The number of nitrogens with two attached hydrogens (primary N) is 1. The van der Waals surface area contributed by atoms with E-state index < -0.39 is 5.41 Å². The van der Waals surface area contributed by atoms with Crippen LogP contribution < -0.4 is 16.0 Å². The zero-order valence-corrected chi connectivity index (χ0v) is 16.5. The van der Waals surface area contributed by atoms with Crippen LogP contribution in [0.1, 0.15) is 39.7 Å². The molecular weight excluding hydrogens is 352 g/mol. The van der Waals surface area contributed by atoms with Crippen molar-refractivity contribution >= 4 is 41.0 Å². The molecule has 6 nitrogen and oxygen atoms in total. The SMILES string of the molecule is CC(C)C(=O)NC(=O)C1(C)CCN(c2cc(Cl)cc(N)c2C=N)CC1C. The smallest absolute Gasteiger partial charge is 0.232 e. The van der Waals surface area contributed by atoms with E-state index in [2.05, 4.69) is 10.2 Å². The molecule has 2 atom stereocenters. The fraction of sp³-hybridized carbons (Fsp3) is 0.526. The van der Waals surface area contributed by atoms with Gasteiger partial charge in [0.2, 0.25) is 11.8 Å². The number of halogens is 1. The van der Waals surface area contributed by atoms with Crippen molar-refractivity contribution in [2.45, 2.75) is 34.1 Å². The fourth-order valence-corrected chi connectivity index (χ4v) is 3.46. The second-order valence-electron chi connectivity index (χ2n) is 7.56. The van der Waals surface area contributed by atoms with Crippen LogP contribution in [0, 0.1) is 22.7 Å². The molecule has 1 saturated heterocycles. The first-order chi connectivity index (χ1) is 12.1. The summed E-state index contributed by atoms with van der Waals surface area (Å²) in [7, 11) is 0. The van der Waals surface area contributed by atoms with E-state index in [-0.39, 0.29) is 23.7 Å². The first-order valence-electron chi connectivity index (χ1n) is 8.80. The zero-order chi connectivity index (χ0) is 19.6. The fourth-order valence-electron chi connectivity index (χ4n) is 3.24. The summed E-state index contributed by atoms with van der Waals surface area (Å²) >= 11 is 6.14. The molecule has 0 bridgehead atoms. The summed E-state index contributed by atoms with van der Waals surface area (Å²) in [6.45, 7) is 8.66. The molecule has 1 aromatic carbocycles. The maximum Gasteiger partial charge on any atom is 0.232 e. The molecule has 0 spiro atoms. The molecule has 0 aliphatic carbocycles. The van der Waals surface area contributed by atoms with E-state index in [0.717, 1.165) is 5.69 Å². The van der Waals surface area contributed by atoms with Crippen molar-refractivity contribution in [1.29, 1.82) is 5.41 Å². The number of benzene rings is 1. The summed E-state index contributed by atoms with van der Waals surface area (Å²) in [5, 5.41) is 10.7. The molecule has 2 amide bonds. The number of nitrogens with one attached hydrogen (secondary N) is 2. The normalized spacial score (nSPS) is 23.0. The van der Waals surface area contributed by atoms with Crippen LogP contribution >= 0.6 is 11.6 Å². The summed E-state index contributed by atoms with van der Waals surface area (Å²) in [4.78, 5) is 26.7. The highest BCUT2D eigenvalue weighted by atomic mass is 35.5. The van der Waals surface area contributed by atoms with Crippen LogP contribution in [-0.2, 0) is 9.59 Å². The van der Waals surface area contributed by atoms with Gasteiger partial charge in [0.25, 0.3) is 0 Å². The van der Waals surface area contributed by atoms with E-state index in [1.54, 1.807) is 26.0 Å². The van der Waals surface area contributed by atoms with Gasteiger partial charge >= 0.3 is 0 Å². The van der Waals surface area contributed by atoms with E-state index in [1.807, 2.05) is 13.8 Å². The van der Waals surface area contributed by atoms with E-state index >= 15 is 0 Å². The summed E-state index contributed by atoms with van der Waals surface area (Å²) in [5.74, 6) is -0.696. The van der Waals surface area contributed by atoms with Gasteiger partial charge in [-0.2, -0.15) is 0 Å². The van der Waals surface area contributed by atoms with Gasteiger partial charge in [-0.3, -0.25) is 14.9 Å². The maximum absolute atomic E-state index is 12.7. The van der Waals surface area contributed by atoms with Crippen LogP contribution in [0.15, 0.2) is 12.1 Å². The molecule has 142 valence electrons. The topological polar surface area (TPSA) is 99.3 Å². The van der Waals surface area contributed by atoms with Gasteiger partial charge in [-0.1, -0.05) is 39.3 Å². The number of imide groups is 1. The zero-order valence-electron chi connectivity index (χ0n) is 15.7. The van der Waals surface area contributed by atoms with Crippen molar-refractivity contribution in [3.05, 3.63) is 22.7 Å². The molecule has 0 radical (unpaired) electrons. The third-order valence-corrected chi connectivity index (χ3v) is 5.62. The van der Waals surface area contributed by atoms with E-state index in [4.69, 9.17) is 22.7 Å². The van der Waals surface area contributed by atoms with E-state index in [0.29, 0.717) is 35.8 Å². The molecule has 7 heteroatoms. The molecule has 1 heterocycles. The molecule has 26 heavy (non-hydrogen) atoms. The minimum atomic E-state index is -0.629. The van der Waals surface area contributed by atoms with Crippen LogP contribution in [0.2, 0.25) is 5.02 Å². The number of carbonyl (C=O) groups excluding carboxylic acids is 2. The third kappa shape index (κ3) is 3.85. The highest BCUT2D eigenvalue weighted by molar-refractivity contribution is 6.31. The van der Waals surface area contributed by atoms with Crippen molar-refractivity contribution in [3.63, 3.8) is 0 Å². The minimum Gasteiger partial charge on any atom is -0.398 e. The maximum atomic E-state index is 12.7. The van der Waals surface area contributed by atoms with Gasteiger partial charge in [0.1, 0.15) is 0 Å². The van der Waals surface area contributed by atoms with Gasteiger partial charge in [-0.25, -0.2) is 0 Å². The van der Waals surface area contributed by atoms with E-state index in [9.17, 15) is 9.59 Å². The van der Waals surface area contributed by atoms with Crippen molar-refractivity contribution in [1.82, 2.24) is 5.32 Å². The monoisotopic (exact) mass is 378 g/mol.